The summed E-state index contributed by atoms with van der Waals surface area (Å²) in [5.41, 5.74) is -0.494. The van der Waals surface area contributed by atoms with Crippen LogP contribution in [0, 0.1) is 10.1 Å². The maximum absolute atomic E-state index is 11.4. The van der Waals surface area contributed by atoms with Crippen LogP contribution in [-0.2, 0) is 28.5 Å². The van der Waals surface area contributed by atoms with Crippen LogP contribution < -0.4 is 4.74 Å². The average molecular weight is 429 g/mol. The van der Waals surface area contributed by atoms with E-state index in [4.69, 9.17) is 28.4 Å². The number of nitro benzene ring substituents is 1. The number of carbonyl (C=O) groups is 1. The van der Waals surface area contributed by atoms with E-state index in [1.54, 1.807) is 32.9 Å². The van der Waals surface area contributed by atoms with Gasteiger partial charge in [-0.3, -0.25) is 10.1 Å². The molecule has 10 nitrogen and oxygen atoms in total. The molecular weight excluding hydrogens is 398 g/mol. The van der Waals surface area contributed by atoms with Gasteiger partial charge in [-0.1, -0.05) is 0 Å². The Morgan fingerprint density at radius 2 is 1.30 bits per heavy atom. The van der Waals surface area contributed by atoms with Gasteiger partial charge in [-0.05, 0) is 32.9 Å². The normalized spacial score (nSPS) is 11.3. The first-order valence-electron chi connectivity index (χ1n) is 9.68. The third-order valence-corrected chi connectivity index (χ3v) is 3.30. The number of carbonyl (C=O) groups excluding carboxylic acids is 1. The first-order valence-corrected chi connectivity index (χ1v) is 9.68. The standard InChI is InChI=1S/C20H31NO9/c1-20(2,3)30-19(22)16-28-13-12-26-9-8-25-10-11-27-14-15-29-18-6-4-17(5-7-18)21(23)24/h4-7H,8-16H2,1-3H3. The van der Waals surface area contributed by atoms with Crippen LogP contribution in [-0.4, -0.2) is 76.0 Å². The largest absolute Gasteiger partial charge is 0.491 e. The molecule has 0 unspecified atom stereocenters. The number of rotatable bonds is 16. The van der Waals surface area contributed by atoms with Gasteiger partial charge >= 0.3 is 5.97 Å². The second-order valence-electron chi connectivity index (χ2n) is 7.08. The van der Waals surface area contributed by atoms with E-state index in [-0.39, 0.29) is 12.3 Å². The Kier molecular flexibility index (Phi) is 12.6. The van der Waals surface area contributed by atoms with Crippen LogP contribution in [0.25, 0.3) is 0 Å². The van der Waals surface area contributed by atoms with Crippen LogP contribution in [0.3, 0.4) is 0 Å². The minimum Gasteiger partial charge on any atom is -0.491 e. The van der Waals surface area contributed by atoms with E-state index in [9.17, 15) is 14.9 Å². The number of non-ortho nitro benzene ring substituents is 1. The molecule has 0 amide bonds. The zero-order chi connectivity index (χ0) is 22.2. The van der Waals surface area contributed by atoms with Gasteiger partial charge in [0.05, 0.1) is 51.2 Å². The maximum Gasteiger partial charge on any atom is 0.332 e. The number of nitro groups is 1. The molecule has 0 atom stereocenters. The highest BCUT2D eigenvalue weighted by Gasteiger charge is 2.15. The van der Waals surface area contributed by atoms with Crippen LogP contribution in [0.2, 0.25) is 0 Å². The zero-order valence-corrected chi connectivity index (χ0v) is 17.8. The summed E-state index contributed by atoms with van der Waals surface area (Å²) < 4.78 is 31.8. The van der Waals surface area contributed by atoms with Gasteiger partial charge in [0, 0.05) is 12.1 Å². The maximum atomic E-state index is 11.4. The molecule has 0 aromatic heterocycles. The summed E-state index contributed by atoms with van der Waals surface area (Å²) >= 11 is 0. The lowest BCUT2D eigenvalue weighted by Gasteiger charge is -2.19. The van der Waals surface area contributed by atoms with Crippen LogP contribution in [0.1, 0.15) is 20.8 Å². The lowest BCUT2D eigenvalue weighted by Crippen LogP contribution is -2.27. The molecule has 10 heteroatoms. The summed E-state index contributed by atoms with van der Waals surface area (Å²) in [5.74, 6) is 0.150. The highest BCUT2D eigenvalue weighted by atomic mass is 16.6. The van der Waals surface area contributed by atoms with E-state index < -0.39 is 16.5 Å². The molecule has 0 spiro atoms. The molecule has 1 aromatic carbocycles. The Morgan fingerprint density at radius 1 is 0.833 bits per heavy atom. The van der Waals surface area contributed by atoms with Crippen molar-refractivity contribution in [2.75, 3.05) is 59.5 Å². The second-order valence-corrected chi connectivity index (χ2v) is 7.08. The summed E-state index contributed by atoms with van der Waals surface area (Å²) in [4.78, 5) is 21.5. The molecule has 0 fully saturated rings. The van der Waals surface area contributed by atoms with Crippen molar-refractivity contribution < 1.29 is 38.1 Å². The van der Waals surface area contributed by atoms with Crippen molar-refractivity contribution in [3.05, 3.63) is 34.4 Å². The van der Waals surface area contributed by atoms with Crippen molar-refractivity contribution in [2.24, 2.45) is 0 Å². The molecule has 0 radical (unpaired) electrons. The summed E-state index contributed by atoms with van der Waals surface area (Å²) in [7, 11) is 0. The van der Waals surface area contributed by atoms with E-state index in [1.807, 2.05) is 0 Å². The Labute approximate surface area is 176 Å². The molecular formula is C20H31NO9. The van der Waals surface area contributed by atoms with Crippen molar-refractivity contribution in [1.29, 1.82) is 0 Å². The van der Waals surface area contributed by atoms with Crippen molar-refractivity contribution >= 4 is 11.7 Å². The molecule has 0 aliphatic carbocycles. The predicted octanol–water partition coefficient (Wildman–Crippen LogP) is 2.38. The van der Waals surface area contributed by atoms with Gasteiger partial charge in [0.1, 0.15) is 24.6 Å². The third-order valence-electron chi connectivity index (χ3n) is 3.30. The highest BCUT2D eigenvalue weighted by molar-refractivity contribution is 5.71. The van der Waals surface area contributed by atoms with Crippen LogP contribution in [0.15, 0.2) is 24.3 Å². The van der Waals surface area contributed by atoms with E-state index in [1.165, 1.54) is 12.1 Å². The number of hydrogen-bond donors (Lipinski definition) is 0. The van der Waals surface area contributed by atoms with Crippen LogP contribution in [0.4, 0.5) is 5.69 Å². The fourth-order valence-corrected chi connectivity index (χ4v) is 2.07. The highest BCUT2D eigenvalue weighted by Crippen LogP contribution is 2.17. The molecule has 0 saturated carbocycles. The Balaban J connectivity index is 1.84. The van der Waals surface area contributed by atoms with Gasteiger partial charge in [-0.15, -0.1) is 0 Å². The summed E-state index contributed by atoms with van der Waals surface area (Å²) in [6.07, 6.45) is 0. The smallest absolute Gasteiger partial charge is 0.332 e. The van der Waals surface area contributed by atoms with Gasteiger partial charge in [0.25, 0.3) is 5.69 Å². The quantitative estimate of drug-likeness (QED) is 0.169. The fourth-order valence-electron chi connectivity index (χ4n) is 2.07. The van der Waals surface area contributed by atoms with Crippen molar-refractivity contribution in [3.63, 3.8) is 0 Å². The lowest BCUT2D eigenvalue weighted by molar-refractivity contribution is -0.384. The van der Waals surface area contributed by atoms with Crippen molar-refractivity contribution in [2.45, 2.75) is 26.4 Å². The van der Waals surface area contributed by atoms with E-state index >= 15 is 0 Å². The van der Waals surface area contributed by atoms with E-state index in [2.05, 4.69) is 0 Å². The first-order chi connectivity index (χ1) is 14.3. The number of nitrogens with zero attached hydrogens (tertiary/aromatic N) is 1. The number of benzene rings is 1. The third kappa shape index (κ3) is 13.8. The minimum absolute atomic E-state index is 0.0213. The molecule has 0 bridgehead atoms. The van der Waals surface area contributed by atoms with Gasteiger partial charge < -0.3 is 28.4 Å². The van der Waals surface area contributed by atoms with E-state index in [0.29, 0.717) is 58.6 Å². The van der Waals surface area contributed by atoms with Crippen LogP contribution in [0.5, 0.6) is 5.75 Å². The van der Waals surface area contributed by atoms with Crippen molar-refractivity contribution in [1.82, 2.24) is 0 Å². The molecule has 0 N–H and O–H groups in total. The molecule has 170 valence electrons. The molecule has 30 heavy (non-hydrogen) atoms. The minimum atomic E-state index is -0.516. The number of ether oxygens (including phenoxy) is 6. The molecule has 0 aliphatic heterocycles. The fraction of sp³-hybridized carbons (Fsp3) is 0.650. The molecule has 0 aliphatic rings. The second kappa shape index (κ2) is 14.7. The first kappa shape index (κ1) is 25.8. The molecule has 0 saturated heterocycles. The SMILES string of the molecule is CC(C)(C)OC(=O)COCCOCCOCCOCCOc1ccc([N+](=O)[O-])cc1. The average Bonchev–Trinajstić information content (AvgIpc) is 2.67. The Bertz CT molecular complexity index is 614. The summed E-state index contributed by atoms with van der Waals surface area (Å²) in [6, 6.07) is 5.87. The molecule has 1 rings (SSSR count). The zero-order valence-electron chi connectivity index (χ0n) is 17.8. The lowest BCUT2D eigenvalue weighted by atomic mass is 10.2. The van der Waals surface area contributed by atoms with Gasteiger partial charge in [-0.25, -0.2) is 4.79 Å². The monoisotopic (exact) mass is 429 g/mol. The predicted molar refractivity (Wildman–Crippen MR) is 108 cm³/mol. The molecule has 1 aromatic rings. The van der Waals surface area contributed by atoms with Crippen LogP contribution >= 0.6 is 0 Å². The Hall–Kier alpha value is -2.27. The van der Waals surface area contributed by atoms with E-state index in [0.717, 1.165) is 0 Å². The Morgan fingerprint density at radius 3 is 1.77 bits per heavy atom. The van der Waals surface area contributed by atoms with Gasteiger partial charge in [0.15, 0.2) is 0 Å². The topological polar surface area (TPSA) is 116 Å². The molecule has 0 heterocycles. The van der Waals surface area contributed by atoms with Crippen molar-refractivity contribution in [3.8, 4) is 5.75 Å². The number of esters is 1. The van der Waals surface area contributed by atoms with Gasteiger partial charge in [0.2, 0.25) is 0 Å². The van der Waals surface area contributed by atoms with Gasteiger partial charge in [-0.2, -0.15) is 0 Å². The number of hydrogen-bond acceptors (Lipinski definition) is 9. The summed E-state index contributed by atoms with van der Waals surface area (Å²) in [6.45, 7) is 8.38. The summed E-state index contributed by atoms with van der Waals surface area (Å²) in [5, 5.41) is 10.6.